The van der Waals surface area contributed by atoms with Crippen LogP contribution >= 0.6 is 0 Å². The van der Waals surface area contributed by atoms with E-state index in [0.717, 1.165) is 12.2 Å². The number of allylic oxidation sites excluding steroid dienone is 1. The molecule has 3 aromatic carbocycles. The molecular weight excluding hydrogens is 330 g/mol. The first-order valence-corrected chi connectivity index (χ1v) is 9.52. The Bertz CT molecular complexity index is 898. The van der Waals surface area contributed by atoms with Gasteiger partial charge in [-0.2, -0.15) is 0 Å². The van der Waals surface area contributed by atoms with Crippen LogP contribution in [0, 0.1) is 6.92 Å². The first kappa shape index (κ1) is 18.9. The highest BCUT2D eigenvalue weighted by Gasteiger charge is 2.15. The Kier molecular flexibility index (Phi) is 6.45. The maximum absolute atomic E-state index is 5.71. The molecule has 0 bridgehead atoms. The summed E-state index contributed by atoms with van der Waals surface area (Å²) in [7, 11) is 0. The second-order valence-corrected chi connectivity index (χ2v) is 6.55. The number of nitrogens with two attached hydrogens (primary N) is 1. The van der Waals surface area contributed by atoms with Crippen LogP contribution in [0.2, 0.25) is 0 Å². The smallest absolute Gasteiger partial charge is 0.119 e. The summed E-state index contributed by atoms with van der Waals surface area (Å²) in [6, 6.07) is 27.6. The van der Waals surface area contributed by atoms with Crippen LogP contribution in [-0.4, -0.2) is 13.2 Å². The highest BCUT2D eigenvalue weighted by Crippen LogP contribution is 2.36. The molecule has 0 saturated carbocycles. The third-order valence-corrected chi connectivity index (χ3v) is 4.69. The Morgan fingerprint density at radius 3 is 2.04 bits per heavy atom. The quantitative estimate of drug-likeness (QED) is 0.550. The minimum atomic E-state index is 0.518. The van der Waals surface area contributed by atoms with Crippen molar-refractivity contribution in [2.45, 2.75) is 20.3 Å². The van der Waals surface area contributed by atoms with Gasteiger partial charge in [-0.1, -0.05) is 73.7 Å². The van der Waals surface area contributed by atoms with E-state index in [4.69, 9.17) is 10.5 Å². The third-order valence-electron chi connectivity index (χ3n) is 4.69. The van der Waals surface area contributed by atoms with Gasteiger partial charge in [-0.25, -0.2) is 0 Å². The average molecular weight is 357 g/mol. The normalized spacial score (nSPS) is 11.8. The number of rotatable bonds is 7. The van der Waals surface area contributed by atoms with Crippen molar-refractivity contribution in [1.29, 1.82) is 0 Å². The molecule has 0 aliphatic rings. The predicted octanol–water partition coefficient (Wildman–Crippen LogP) is 5.70. The standard InChI is InChI=1S/C25H27NO/c1-3-23(20-10-6-4-7-11-20)25(21-12-8-5-9-13-21)24-15-14-22(18-19(24)2)27-17-16-26/h4-15,18H,3,16-17,26H2,1-2H3/b25-23-. The van der Waals surface area contributed by atoms with Gasteiger partial charge in [0.05, 0.1) is 0 Å². The third kappa shape index (κ3) is 4.47. The van der Waals surface area contributed by atoms with E-state index in [1.807, 2.05) is 6.07 Å². The molecule has 0 saturated heterocycles. The van der Waals surface area contributed by atoms with Gasteiger partial charge in [0.15, 0.2) is 0 Å². The molecule has 3 aromatic rings. The lowest BCUT2D eigenvalue weighted by molar-refractivity contribution is 0.328. The summed E-state index contributed by atoms with van der Waals surface area (Å²) < 4.78 is 5.71. The molecule has 0 aromatic heterocycles. The molecule has 0 spiro atoms. The molecule has 0 amide bonds. The molecule has 2 nitrogen and oxygen atoms in total. The topological polar surface area (TPSA) is 35.2 Å². The summed E-state index contributed by atoms with van der Waals surface area (Å²) in [5, 5.41) is 0. The molecule has 0 fully saturated rings. The Labute approximate surface area is 162 Å². The summed E-state index contributed by atoms with van der Waals surface area (Å²) in [6.45, 7) is 5.42. The molecule has 0 atom stereocenters. The Hall–Kier alpha value is -2.84. The summed E-state index contributed by atoms with van der Waals surface area (Å²) in [4.78, 5) is 0. The van der Waals surface area contributed by atoms with Crippen molar-refractivity contribution >= 4 is 11.1 Å². The van der Waals surface area contributed by atoms with Crippen LogP contribution in [0.15, 0.2) is 78.9 Å². The monoisotopic (exact) mass is 357 g/mol. The summed E-state index contributed by atoms with van der Waals surface area (Å²) in [6.07, 6.45) is 0.957. The minimum Gasteiger partial charge on any atom is -0.492 e. The maximum atomic E-state index is 5.71. The molecule has 0 unspecified atom stereocenters. The zero-order valence-corrected chi connectivity index (χ0v) is 16.1. The minimum absolute atomic E-state index is 0.518. The Balaban J connectivity index is 2.18. The number of aryl methyl sites for hydroxylation is 1. The highest BCUT2D eigenvalue weighted by molar-refractivity contribution is 5.99. The van der Waals surface area contributed by atoms with E-state index >= 15 is 0 Å². The Morgan fingerprint density at radius 2 is 1.48 bits per heavy atom. The predicted molar refractivity (Wildman–Crippen MR) is 115 cm³/mol. The van der Waals surface area contributed by atoms with Crippen LogP contribution in [0.5, 0.6) is 5.75 Å². The van der Waals surface area contributed by atoms with Gasteiger partial charge in [0.2, 0.25) is 0 Å². The molecular formula is C25H27NO. The van der Waals surface area contributed by atoms with Crippen LogP contribution in [0.1, 0.15) is 35.6 Å². The summed E-state index contributed by atoms with van der Waals surface area (Å²) >= 11 is 0. The van der Waals surface area contributed by atoms with Crippen molar-refractivity contribution in [3.63, 3.8) is 0 Å². The highest BCUT2D eigenvalue weighted by atomic mass is 16.5. The number of benzene rings is 3. The van der Waals surface area contributed by atoms with Gasteiger partial charge in [0, 0.05) is 6.54 Å². The zero-order chi connectivity index (χ0) is 19.1. The first-order chi connectivity index (χ1) is 13.2. The molecule has 27 heavy (non-hydrogen) atoms. The van der Waals surface area contributed by atoms with E-state index in [0.29, 0.717) is 13.2 Å². The van der Waals surface area contributed by atoms with Crippen molar-refractivity contribution in [3.05, 3.63) is 101 Å². The summed E-state index contributed by atoms with van der Waals surface area (Å²) in [5.41, 5.74) is 13.1. The van der Waals surface area contributed by atoms with E-state index in [1.165, 1.54) is 33.4 Å². The summed E-state index contributed by atoms with van der Waals surface area (Å²) in [5.74, 6) is 0.867. The largest absolute Gasteiger partial charge is 0.492 e. The molecule has 0 aliphatic carbocycles. The fourth-order valence-corrected chi connectivity index (χ4v) is 3.44. The van der Waals surface area contributed by atoms with Crippen molar-refractivity contribution in [1.82, 2.24) is 0 Å². The molecule has 2 heteroatoms. The molecule has 3 rings (SSSR count). The number of ether oxygens (including phenoxy) is 1. The van der Waals surface area contributed by atoms with Crippen molar-refractivity contribution < 1.29 is 4.74 Å². The second-order valence-electron chi connectivity index (χ2n) is 6.55. The van der Waals surface area contributed by atoms with Crippen LogP contribution in [0.25, 0.3) is 11.1 Å². The van der Waals surface area contributed by atoms with Gasteiger partial charge < -0.3 is 10.5 Å². The van der Waals surface area contributed by atoms with Gasteiger partial charge in [0.1, 0.15) is 12.4 Å². The lowest BCUT2D eigenvalue weighted by Crippen LogP contribution is -2.10. The molecule has 2 N–H and O–H groups in total. The lowest BCUT2D eigenvalue weighted by atomic mass is 9.86. The number of hydrogen-bond acceptors (Lipinski definition) is 2. The molecule has 138 valence electrons. The molecule has 0 aliphatic heterocycles. The fraction of sp³-hybridized carbons (Fsp3) is 0.200. The van der Waals surface area contributed by atoms with Crippen molar-refractivity contribution in [2.75, 3.05) is 13.2 Å². The van der Waals surface area contributed by atoms with Crippen LogP contribution in [0.3, 0.4) is 0 Å². The molecule has 0 heterocycles. The van der Waals surface area contributed by atoms with Crippen LogP contribution in [0.4, 0.5) is 0 Å². The van der Waals surface area contributed by atoms with E-state index < -0.39 is 0 Å². The SMILES string of the molecule is CC/C(=C(\c1ccccc1)c1ccc(OCCN)cc1C)c1ccccc1. The molecule has 0 radical (unpaired) electrons. The second kappa shape index (κ2) is 9.20. The van der Waals surface area contributed by atoms with Gasteiger partial charge in [-0.05, 0) is 58.9 Å². The van der Waals surface area contributed by atoms with Gasteiger partial charge in [-0.15, -0.1) is 0 Å². The lowest BCUT2D eigenvalue weighted by Gasteiger charge is -2.19. The van der Waals surface area contributed by atoms with Crippen molar-refractivity contribution in [2.24, 2.45) is 5.73 Å². The fourth-order valence-electron chi connectivity index (χ4n) is 3.44. The van der Waals surface area contributed by atoms with E-state index in [9.17, 15) is 0 Å². The maximum Gasteiger partial charge on any atom is 0.119 e. The van der Waals surface area contributed by atoms with Crippen LogP contribution < -0.4 is 10.5 Å². The van der Waals surface area contributed by atoms with E-state index in [-0.39, 0.29) is 0 Å². The van der Waals surface area contributed by atoms with Crippen LogP contribution in [-0.2, 0) is 0 Å². The van der Waals surface area contributed by atoms with Crippen molar-refractivity contribution in [3.8, 4) is 5.75 Å². The first-order valence-electron chi connectivity index (χ1n) is 9.52. The average Bonchev–Trinajstić information content (AvgIpc) is 2.72. The van der Waals surface area contributed by atoms with Gasteiger partial charge in [-0.3, -0.25) is 0 Å². The van der Waals surface area contributed by atoms with Gasteiger partial charge in [0.25, 0.3) is 0 Å². The van der Waals surface area contributed by atoms with E-state index in [2.05, 4.69) is 86.6 Å². The van der Waals surface area contributed by atoms with Gasteiger partial charge >= 0.3 is 0 Å². The van der Waals surface area contributed by atoms with E-state index in [1.54, 1.807) is 0 Å². The zero-order valence-electron chi connectivity index (χ0n) is 16.1. The number of hydrogen-bond donors (Lipinski definition) is 1. The Morgan fingerprint density at radius 1 is 0.852 bits per heavy atom.